The minimum atomic E-state index is -5.01. The molecule has 0 fully saturated rings. The van der Waals surface area contributed by atoms with Crippen molar-refractivity contribution < 1.29 is 71.5 Å². The van der Waals surface area contributed by atoms with Crippen molar-refractivity contribution >= 4 is 28.0 Å². The van der Waals surface area contributed by atoms with Crippen LogP contribution in [0.25, 0.3) is 0 Å². The van der Waals surface area contributed by atoms with Gasteiger partial charge in [0.15, 0.2) is 5.25 Å². The SMILES string of the molecule is CC(=O)O.CCCCC(CC)COC(=O)CC(C(=O)OCC(CC)CCCC)S(=O)(=O)[O-].[Na+]. The van der Waals surface area contributed by atoms with Crippen molar-refractivity contribution in [2.45, 2.75) is 97.7 Å². The monoisotopic (exact) mass is 504 g/mol. The Bertz CT molecular complexity index is 634. The summed E-state index contributed by atoms with van der Waals surface area (Å²) >= 11 is 0. The van der Waals surface area contributed by atoms with E-state index in [2.05, 4.69) is 13.8 Å². The van der Waals surface area contributed by atoms with Gasteiger partial charge in [-0.3, -0.25) is 14.4 Å². The second kappa shape index (κ2) is 21.8. The minimum absolute atomic E-state index is 0. The molecule has 9 nitrogen and oxygen atoms in total. The number of hydrogen-bond donors (Lipinski definition) is 1. The summed E-state index contributed by atoms with van der Waals surface area (Å²) in [7, 11) is -5.01. The maximum atomic E-state index is 12.1. The van der Waals surface area contributed by atoms with Gasteiger partial charge in [-0.1, -0.05) is 66.2 Å². The van der Waals surface area contributed by atoms with Crippen LogP contribution in [0.2, 0.25) is 0 Å². The summed E-state index contributed by atoms with van der Waals surface area (Å²) in [5.41, 5.74) is 0. The molecule has 0 aliphatic carbocycles. The van der Waals surface area contributed by atoms with Gasteiger partial charge in [0.25, 0.3) is 5.97 Å². The summed E-state index contributed by atoms with van der Waals surface area (Å²) in [4.78, 5) is 33.1. The van der Waals surface area contributed by atoms with E-state index in [-0.39, 0.29) is 54.6 Å². The number of carbonyl (C=O) groups is 3. The molecule has 0 aliphatic rings. The summed E-state index contributed by atoms with van der Waals surface area (Å²) in [5, 5.41) is 5.36. The predicted molar refractivity (Wildman–Crippen MR) is 120 cm³/mol. The molecule has 0 heterocycles. The van der Waals surface area contributed by atoms with Crippen LogP contribution in [0.3, 0.4) is 0 Å². The third-order valence-corrected chi connectivity index (χ3v) is 6.05. The Balaban J connectivity index is -0.00000165. The normalized spacial score (nSPS) is 13.4. The molecule has 0 rings (SSSR count). The van der Waals surface area contributed by atoms with Crippen LogP contribution in [0.5, 0.6) is 0 Å². The summed E-state index contributed by atoms with van der Waals surface area (Å²) in [6.45, 7) is 9.35. The van der Waals surface area contributed by atoms with E-state index in [0.29, 0.717) is 0 Å². The van der Waals surface area contributed by atoms with Crippen LogP contribution >= 0.6 is 0 Å². The third-order valence-electron chi connectivity index (χ3n) is 4.99. The van der Waals surface area contributed by atoms with Crippen molar-refractivity contribution in [3.05, 3.63) is 0 Å². The Labute approximate surface area is 221 Å². The first-order chi connectivity index (χ1) is 14.9. The molecule has 190 valence electrons. The van der Waals surface area contributed by atoms with Crippen LogP contribution in [-0.2, 0) is 34.0 Å². The number of unbranched alkanes of at least 4 members (excludes halogenated alkanes) is 2. The molecule has 0 amide bonds. The van der Waals surface area contributed by atoms with Crippen molar-refractivity contribution in [3.63, 3.8) is 0 Å². The van der Waals surface area contributed by atoms with Gasteiger partial charge in [0, 0.05) is 6.92 Å². The Kier molecular flexibility index (Phi) is 24.4. The molecule has 0 aromatic carbocycles. The van der Waals surface area contributed by atoms with Crippen LogP contribution in [0.15, 0.2) is 0 Å². The van der Waals surface area contributed by atoms with Gasteiger partial charge in [-0.15, -0.1) is 0 Å². The Morgan fingerprint density at radius 1 is 0.879 bits per heavy atom. The molecule has 0 aromatic rings. The molecule has 0 aromatic heterocycles. The van der Waals surface area contributed by atoms with Gasteiger partial charge in [0.05, 0.1) is 19.6 Å². The number of hydrogen-bond acceptors (Lipinski definition) is 8. The van der Waals surface area contributed by atoms with Crippen LogP contribution < -0.4 is 29.6 Å². The average molecular weight is 505 g/mol. The van der Waals surface area contributed by atoms with Gasteiger partial charge in [0.1, 0.15) is 10.1 Å². The second-order valence-electron chi connectivity index (χ2n) is 7.85. The summed E-state index contributed by atoms with van der Waals surface area (Å²) in [5.74, 6) is -2.58. The van der Waals surface area contributed by atoms with Crippen molar-refractivity contribution in [2.75, 3.05) is 13.2 Å². The molecule has 0 saturated carbocycles. The van der Waals surface area contributed by atoms with Gasteiger partial charge in [-0.2, -0.15) is 0 Å². The fourth-order valence-corrected chi connectivity index (χ4v) is 3.46. The molecular weight excluding hydrogens is 463 g/mol. The Morgan fingerprint density at radius 3 is 1.61 bits per heavy atom. The van der Waals surface area contributed by atoms with Gasteiger partial charge < -0.3 is 19.1 Å². The summed E-state index contributed by atoms with van der Waals surface area (Å²) in [6, 6.07) is 0. The number of aliphatic carboxylic acids is 1. The van der Waals surface area contributed by atoms with Crippen LogP contribution in [0.4, 0.5) is 0 Å². The average Bonchev–Trinajstić information content (AvgIpc) is 2.70. The molecule has 1 N–H and O–H groups in total. The molecule has 3 atom stereocenters. The van der Waals surface area contributed by atoms with Crippen molar-refractivity contribution in [2.24, 2.45) is 11.8 Å². The summed E-state index contributed by atoms with van der Waals surface area (Å²) in [6.07, 6.45) is 6.58. The van der Waals surface area contributed by atoms with Crippen LogP contribution in [0.1, 0.15) is 92.4 Å². The number of carboxylic acids is 1. The van der Waals surface area contributed by atoms with E-state index >= 15 is 0 Å². The maximum absolute atomic E-state index is 12.1. The van der Waals surface area contributed by atoms with Crippen LogP contribution in [-0.4, -0.2) is 54.4 Å². The zero-order chi connectivity index (χ0) is 25.2. The Morgan fingerprint density at radius 2 is 1.27 bits per heavy atom. The van der Waals surface area contributed by atoms with E-state index in [1.807, 2.05) is 13.8 Å². The first-order valence-corrected chi connectivity index (χ1v) is 12.9. The largest absolute Gasteiger partial charge is 1.00 e. The first kappa shape index (κ1) is 36.9. The van der Waals surface area contributed by atoms with E-state index in [4.69, 9.17) is 19.4 Å². The predicted octanol–water partition coefficient (Wildman–Crippen LogP) is 0.904. The number of esters is 2. The van der Waals surface area contributed by atoms with E-state index in [1.165, 1.54) is 0 Å². The number of carbonyl (C=O) groups excluding carboxylic acids is 2. The molecule has 0 saturated heterocycles. The number of ether oxygens (including phenoxy) is 2. The van der Waals surface area contributed by atoms with Crippen molar-refractivity contribution in [3.8, 4) is 0 Å². The van der Waals surface area contributed by atoms with E-state index < -0.39 is 39.7 Å². The molecule has 0 aliphatic heterocycles. The van der Waals surface area contributed by atoms with E-state index in [1.54, 1.807) is 0 Å². The first-order valence-electron chi connectivity index (χ1n) is 11.4. The molecule has 0 spiro atoms. The van der Waals surface area contributed by atoms with Gasteiger partial charge in [-0.05, 0) is 24.7 Å². The van der Waals surface area contributed by atoms with Gasteiger partial charge in [0.2, 0.25) is 0 Å². The maximum Gasteiger partial charge on any atom is 1.00 e. The minimum Gasteiger partial charge on any atom is -0.747 e. The smallest absolute Gasteiger partial charge is 0.747 e. The molecular formula is C22H41NaO9S. The van der Waals surface area contributed by atoms with Crippen molar-refractivity contribution in [1.29, 1.82) is 0 Å². The fraction of sp³-hybridized carbons (Fsp3) is 0.864. The molecule has 3 unspecified atom stereocenters. The molecule has 0 bridgehead atoms. The fourth-order valence-electron chi connectivity index (χ4n) is 2.81. The molecule has 0 radical (unpaired) electrons. The Hall–Kier alpha value is -0.680. The second-order valence-corrected chi connectivity index (χ2v) is 9.41. The van der Waals surface area contributed by atoms with Gasteiger partial charge >= 0.3 is 41.5 Å². The molecule has 11 heteroatoms. The van der Waals surface area contributed by atoms with E-state index in [0.717, 1.165) is 58.3 Å². The summed E-state index contributed by atoms with van der Waals surface area (Å²) < 4.78 is 44.6. The third kappa shape index (κ3) is 21.6. The zero-order valence-electron chi connectivity index (χ0n) is 21.1. The number of carboxylic acid groups (broad SMARTS) is 1. The van der Waals surface area contributed by atoms with Crippen molar-refractivity contribution in [1.82, 2.24) is 0 Å². The quantitative estimate of drug-likeness (QED) is 0.184. The van der Waals surface area contributed by atoms with E-state index in [9.17, 15) is 22.6 Å². The topological polar surface area (TPSA) is 147 Å². The zero-order valence-corrected chi connectivity index (χ0v) is 23.9. The van der Waals surface area contributed by atoms with Gasteiger partial charge in [-0.25, -0.2) is 8.42 Å². The standard InChI is InChI=1S/C20H38O7S.C2H4O2.Na/c1-5-9-11-16(7-3)14-26-19(21)13-18(28(23,24)25)20(22)27-15-17(8-4)12-10-6-2;1-2(3)4;/h16-18H,5-15H2,1-4H3,(H,23,24,25);1H3,(H,3,4);/q;;+1/p-1. The van der Waals surface area contributed by atoms with Crippen LogP contribution in [0, 0.1) is 11.8 Å². The number of rotatable bonds is 16. The molecule has 33 heavy (non-hydrogen) atoms.